The molecule has 0 saturated heterocycles. The van der Waals surface area contributed by atoms with Crippen LogP contribution in [-0.2, 0) is 20.7 Å². The van der Waals surface area contributed by atoms with E-state index in [0.29, 0.717) is 31.8 Å². The first-order valence-corrected chi connectivity index (χ1v) is 8.01. The van der Waals surface area contributed by atoms with Gasteiger partial charge in [-0.25, -0.2) is 0 Å². The standard InChI is InChI=1S/C19H24O3/c1-2-3-9-16-12-18(20)13-17(16)14-19(21)22-11-10-15-7-5-4-6-8-15/h2-8,16-17H,9-14H2,1H3/b3-2-. The van der Waals surface area contributed by atoms with Crippen LogP contribution in [-0.4, -0.2) is 18.4 Å². The van der Waals surface area contributed by atoms with Crippen molar-refractivity contribution in [2.45, 2.75) is 39.0 Å². The highest BCUT2D eigenvalue weighted by molar-refractivity contribution is 5.82. The van der Waals surface area contributed by atoms with Gasteiger partial charge >= 0.3 is 5.97 Å². The van der Waals surface area contributed by atoms with Gasteiger partial charge in [-0.2, -0.15) is 0 Å². The van der Waals surface area contributed by atoms with Crippen LogP contribution in [0.5, 0.6) is 0 Å². The highest BCUT2D eigenvalue weighted by atomic mass is 16.5. The average molecular weight is 300 g/mol. The molecule has 2 atom stereocenters. The fourth-order valence-corrected chi connectivity index (χ4v) is 3.03. The van der Waals surface area contributed by atoms with E-state index in [2.05, 4.69) is 6.08 Å². The SMILES string of the molecule is C/C=C\CC1CC(=O)CC1CC(=O)OCCc1ccccc1. The molecular formula is C19H24O3. The number of allylic oxidation sites excluding steroid dienone is 2. The number of hydrogen-bond donors (Lipinski definition) is 0. The smallest absolute Gasteiger partial charge is 0.306 e. The van der Waals surface area contributed by atoms with Gasteiger partial charge in [0.25, 0.3) is 0 Å². The number of ketones is 1. The summed E-state index contributed by atoms with van der Waals surface area (Å²) in [6, 6.07) is 9.98. The Bertz CT molecular complexity index is 519. The second-order valence-electron chi connectivity index (χ2n) is 5.93. The van der Waals surface area contributed by atoms with Crippen molar-refractivity contribution in [1.29, 1.82) is 0 Å². The Morgan fingerprint density at radius 1 is 1.23 bits per heavy atom. The van der Waals surface area contributed by atoms with Gasteiger partial charge in [-0.15, -0.1) is 0 Å². The van der Waals surface area contributed by atoms with Gasteiger partial charge in [0, 0.05) is 25.7 Å². The monoisotopic (exact) mass is 300 g/mol. The van der Waals surface area contributed by atoms with E-state index < -0.39 is 0 Å². The van der Waals surface area contributed by atoms with Gasteiger partial charge in [-0.3, -0.25) is 9.59 Å². The first kappa shape index (κ1) is 16.5. The fourth-order valence-electron chi connectivity index (χ4n) is 3.03. The Labute approximate surface area is 132 Å². The zero-order valence-corrected chi connectivity index (χ0v) is 13.2. The maximum atomic E-state index is 12.0. The predicted octanol–water partition coefficient (Wildman–Crippen LogP) is 3.72. The topological polar surface area (TPSA) is 43.4 Å². The van der Waals surface area contributed by atoms with Crippen LogP contribution >= 0.6 is 0 Å². The molecule has 0 radical (unpaired) electrons. The molecule has 1 aromatic carbocycles. The Morgan fingerprint density at radius 3 is 2.68 bits per heavy atom. The minimum Gasteiger partial charge on any atom is -0.465 e. The summed E-state index contributed by atoms with van der Waals surface area (Å²) in [5.41, 5.74) is 1.16. The maximum Gasteiger partial charge on any atom is 0.306 e. The van der Waals surface area contributed by atoms with Crippen LogP contribution in [0.4, 0.5) is 0 Å². The third kappa shape index (κ3) is 5.14. The highest BCUT2D eigenvalue weighted by Crippen LogP contribution is 2.34. The van der Waals surface area contributed by atoms with Crippen LogP contribution in [0.25, 0.3) is 0 Å². The van der Waals surface area contributed by atoms with Gasteiger partial charge < -0.3 is 4.74 Å². The molecular weight excluding hydrogens is 276 g/mol. The lowest BCUT2D eigenvalue weighted by Gasteiger charge is -2.16. The Morgan fingerprint density at radius 2 is 1.95 bits per heavy atom. The van der Waals surface area contributed by atoms with Crippen molar-refractivity contribution < 1.29 is 14.3 Å². The van der Waals surface area contributed by atoms with Crippen molar-refractivity contribution in [3.8, 4) is 0 Å². The zero-order valence-electron chi connectivity index (χ0n) is 13.2. The van der Waals surface area contributed by atoms with Crippen LogP contribution in [0.1, 0.15) is 38.2 Å². The van der Waals surface area contributed by atoms with E-state index in [-0.39, 0.29) is 17.7 Å². The summed E-state index contributed by atoms with van der Waals surface area (Å²) in [4.78, 5) is 23.6. The normalized spacial score (nSPS) is 21.4. The Balaban J connectivity index is 1.74. The van der Waals surface area contributed by atoms with E-state index in [1.165, 1.54) is 0 Å². The largest absolute Gasteiger partial charge is 0.465 e. The number of esters is 1. The quantitative estimate of drug-likeness (QED) is 0.569. The van der Waals surface area contributed by atoms with Crippen molar-refractivity contribution >= 4 is 11.8 Å². The summed E-state index contributed by atoms with van der Waals surface area (Å²) in [6.45, 7) is 2.38. The highest BCUT2D eigenvalue weighted by Gasteiger charge is 2.33. The molecule has 0 bridgehead atoms. The molecule has 0 aliphatic heterocycles. The third-order valence-corrected chi connectivity index (χ3v) is 4.25. The van der Waals surface area contributed by atoms with Gasteiger partial charge in [0.05, 0.1) is 6.61 Å². The average Bonchev–Trinajstić information content (AvgIpc) is 2.85. The van der Waals surface area contributed by atoms with Crippen molar-refractivity contribution in [2.75, 3.05) is 6.61 Å². The molecule has 2 rings (SSSR count). The number of ether oxygens (including phenoxy) is 1. The van der Waals surface area contributed by atoms with Gasteiger partial charge in [0.1, 0.15) is 5.78 Å². The number of carbonyl (C=O) groups is 2. The molecule has 118 valence electrons. The summed E-state index contributed by atoms with van der Waals surface area (Å²) < 4.78 is 5.33. The summed E-state index contributed by atoms with van der Waals surface area (Å²) in [5, 5.41) is 0. The van der Waals surface area contributed by atoms with E-state index in [1.807, 2.05) is 43.3 Å². The summed E-state index contributed by atoms with van der Waals surface area (Å²) in [5.74, 6) is 0.538. The molecule has 0 N–H and O–H groups in total. The molecule has 1 aromatic rings. The van der Waals surface area contributed by atoms with Crippen molar-refractivity contribution in [2.24, 2.45) is 11.8 Å². The first-order valence-electron chi connectivity index (χ1n) is 8.01. The summed E-state index contributed by atoms with van der Waals surface area (Å²) in [6.07, 6.45) is 7.18. The maximum absolute atomic E-state index is 12.0. The number of hydrogen-bond acceptors (Lipinski definition) is 3. The zero-order chi connectivity index (χ0) is 15.8. The van der Waals surface area contributed by atoms with Crippen LogP contribution in [0, 0.1) is 11.8 Å². The summed E-state index contributed by atoms with van der Waals surface area (Å²) >= 11 is 0. The molecule has 22 heavy (non-hydrogen) atoms. The molecule has 3 heteroatoms. The number of carbonyl (C=O) groups excluding carboxylic acids is 2. The molecule has 0 aromatic heterocycles. The van der Waals surface area contributed by atoms with Crippen LogP contribution in [0.15, 0.2) is 42.5 Å². The van der Waals surface area contributed by atoms with Crippen molar-refractivity contribution in [3.05, 3.63) is 48.0 Å². The van der Waals surface area contributed by atoms with Crippen LogP contribution in [0.2, 0.25) is 0 Å². The predicted molar refractivity (Wildman–Crippen MR) is 86.4 cm³/mol. The molecule has 1 aliphatic rings. The minimum absolute atomic E-state index is 0.146. The molecule has 0 heterocycles. The summed E-state index contributed by atoms with van der Waals surface area (Å²) in [7, 11) is 0. The van der Waals surface area contributed by atoms with E-state index in [0.717, 1.165) is 18.4 Å². The van der Waals surface area contributed by atoms with E-state index in [9.17, 15) is 9.59 Å². The molecule has 0 spiro atoms. The minimum atomic E-state index is -0.180. The van der Waals surface area contributed by atoms with Gasteiger partial charge in [-0.1, -0.05) is 42.5 Å². The lowest BCUT2D eigenvalue weighted by Crippen LogP contribution is -2.16. The molecule has 1 aliphatic carbocycles. The van der Waals surface area contributed by atoms with E-state index in [1.54, 1.807) is 0 Å². The second kappa shape index (κ2) is 8.52. The Kier molecular flexibility index (Phi) is 6.38. The van der Waals surface area contributed by atoms with Crippen LogP contribution in [0.3, 0.4) is 0 Å². The molecule has 2 unspecified atom stereocenters. The molecule has 3 nitrogen and oxygen atoms in total. The van der Waals surface area contributed by atoms with E-state index in [4.69, 9.17) is 4.74 Å². The lowest BCUT2D eigenvalue weighted by atomic mass is 9.90. The second-order valence-corrected chi connectivity index (χ2v) is 5.93. The van der Waals surface area contributed by atoms with Crippen LogP contribution < -0.4 is 0 Å². The molecule has 1 fully saturated rings. The Hall–Kier alpha value is -1.90. The first-order chi connectivity index (χ1) is 10.7. The van der Waals surface area contributed by atoms with Gasteiger partial charge in [0.2, 0.25) is 0 Å². The number of Topliss-reactive ketones (excluding diaryl/α,β-unsaturated/α-hetero) is 1. The van der Waals surface area contributed by atoms with E-state index >= 15 is 0 Å². The number of rotatable bonds is 7. The fraction of sp³-hybridized carbons (Fsp3) is 0.474. The van der Waals surface area contributed by atoms with Crippen molar-refractivity contribution in [3.63, 3.8) is 0 Å². The van der Waals surface area contributed by atoms with Crippen molar-refractivity contribution in [1.82, 2.24) is 0 Å². The third-order valence-electron chi connectivity index (χ3n) is 4.25. The number of benzene rings is 1. The van der Waals surface area contributed by atoms with Gasteiger partial charge in [-0.05, 0) is 30.7 Å². The molecule has 1 saturated carbocycles. The molecule has 0 amide bonds. The lowest BCUT2D eigenvalue weighted by molar-refractivity contribution is -0.144. The van der Waals surface area contributed by atoms with Gasteiger partial charge in [0.15, 0.2) is 0 Å².